The molecule has 1 aromatic rings. The minimum Gasteiger partial charge on any atom is -0.428 e. The van der Waals surface area contributed by atoms with Crippen LogP contribution in [0, 0.1) is 0 Å². The Balaban J connectivity index is 2.70. The number of nitrogens with zero attached hydrogens (tertiary/aromatic N) is 1. The zero-order valence-electron chi connectivity index (χ0n) is 10.0. The van der Waals surface area contributed by atoms with Crippen LogP contribution < -0.4 is 5.32 Å². The predicted octanol–water partition coefficient (Wildman–Crippen LogP) is 2.93. The van der Waals surface area contributed by atoms with Gasteiger partial charge < -0.3 is 4.42 Å². The number of anilines is 1. The van der Waals surface area contributed by atoms with Crippen LogP contribution in [0.2, 0.25) is 0 Å². The molecule has 1 N–H and O–H groups in total. The molecule has 0 saturated carbocycles. The fraction of sp³-hybridized carbons (Fsp3) is 0.636. The molecule has 0 aliphatic carbocycles. The third-order valence-corrected chi connectivity index (χ3v) is 2.62. The third kappa shape index (κ3) is 3.23. The SMILES string of the molecule is CCC(Cl)C(=O)Nc1ncc(C(C)(C)C)o1. The van der Waals surface area contributed by atoms with Crippen molar-refractivity contribution in [2.24, 2.45) is 0 Å². The lowest BCUT2D eigenvalue weighted by atomic mass is 9.94. The van der Waals surface area contributed by atoms with Gasteiger partial charge in [-0.25, -0.2) is 4.98 Å². The molecule has 0 aliphatic rings. The number of rotatable bonds is 3. The molecule has 0 bridgehead atoms. The van der Waals surface area contributed by atoms with E-state index in [2.05, 4.69) is 10.3 Å². The van der Waals surface area contributed by atoms with E-state index >= 15 is 0 Å². The average Bonchev–Trinajstić information content (AvgIpc) is 2.64. The summed E-state index contributed by atoms with van der Waals surface area (Å²) < 4.78 is 5.41. The van der Waals surface area contributed by atoms with Crippen LogP contribution in [-0.4, -0.2) is 16.3 Å². The van der Waals surface area contributed by atoms with Crippen molar-refractivity contribution in [2.75, 3.05) is 5.32 Å². The van der Waals surface area contributed by atoms with Gasteiger partial charge in [-0.3, -0.25) is 10.1 Å². The van der Waals surface area contributed by atoms with E-state index < -0.39 is 5.38 Å². The molecule has 0 fully saturated rings. The summed E-state index contributed by atoms with van der Waals surface area (Å²) in [7, 11) is 0. The molecule has 1 atom stereocenters. The summed E-state index contributed by atoms with van der Waals surface area (Å²) in [5.41, 5.74) is -0.124. The molecule has 1 heterocycles. The molecule has 16 heavy (non-hydrogen) atoms. The van der Waals surface area contributed by atoms with E-state index in [1.54, 1.807) is 6.20 Å². The van der Waals surface area contributed by atoms with Crippen LogP contribution in [0.25, 0.3) is 0 Å². The first-order valence-electron chi connectivity index (χ1n) is 5.26. The Bertz CT molecular complexity index is 368. The van der Waals surface area contributed by atoms with Crippen molar-refractivity contribution in [2.45, 2.75) is 44.9 Å². The lowest BCUT2D eigenvalue weighted by molar-refractivity contribution is -0.116. The summed E-state index contributed by atoms with van der Waals surface area (Å²) in [5.74, 6) is 0.442. The smallest absolute Gasteiger partial charge is 0.301 e. The topological polar surface area (TPSA) is 55.1 Å². The molecular formula is C11H17ClN2O2. The fourth-order valence-corrected chi connectivity index (χ4v) is 1.10. The molecule has 1 unspecified atom stereocenters. The standard InChI is InChI=1S/C11H17ClN2O2/c1-5-7(12)9(15)14-10-13-6-8(16-10)11(2,3)4/h6-7H,5H2,1-4H3,(H,13,14,15). The van der Waals surface area contributed by atoms with Gasteiger partial charge in [-0.1, -0.05) is 27.7 Å². The lowest BCUT2D eigenvalue weighted by Crippen LogP contribution is -2.22. The quantitative estimate of drug-likeness (QED) is 0.832. The van der Waals surface area contributed by atoms with Crippen LogP contribution in [0.3, 0.4) is 0 Å². The van der Waals surface area contributed by atoms with Gasteiger partial charge in [0, 0.05) is 5.41 Å². The van der Waals surface area contributed by atoms with Gasteiger partial charge >= 0.3 is 6.01 Å². The van der Waals surface area contributed by atoms with Gasteiger partial charge in [0.1, 0.15) is 11.1 Å². The molecule has 4 nitrogen and oxygen atoms in total. The van der Waals surface area contributed by atoms with E-state index in [0.717, 1.165) is 5.76 Å². The maximum absolute atomic E-state index is 11.5. The Morgan fingerprint density at radius 3 is 2.69 bits per heavy atom. The predicted molar refractivity (Wildman–Crippen MR) is 63.8 cm³/mol. The fourth-order valence-electron chi connectivity index (χ4n) is 1.05. The van der Waals surface area contributed by atoms with Crippen molar-refractivity contribution >= 4 is 23.5 Å². The van der Waals surface area contributed by atoms with Gasteiger partial charge in [0.15, 0.2) is 0 Å². The first-order valence-corrected chi connectivity index (χ1v) is 5.69. The van der Waals surface area contributed by atoms with E-state index in [4.69, 9.17) is 16.0 Å². The molecule has 0 aromatic carbocycles. The highest BCUT2D eigenvalue weighted by molar-refractivity contribution is 6.32. The Morgan fingerprint density at radius 2 is 2.25 bits per heavy atom. The molecule has 0 saturated heterocycles. The van der Waals surface area contributed by atoms with Crippen molar-refractivity contribution in [1.29, 1.82) is 0 Å². The molecule has 90 valence electrons. The number of hydrogen-bond donors (Lipinski definition) is 1. The largest absolute Gasteiger partial charge is 0.428 e. The number of amides is 1. The number of carbonyl (C=O) groups excluding carboxylic acids is 1. The third-order valence-electron chi connectivity index (χ3n) is 2.12. The Hall–Kier alpha value is -1.03. The van der Waals surface area contributed by atoms with E-state index in [1.807, 2.05) is 27.7 Å². The van der Waals surface area contributed by atoms with Gasteiger partial charge in [0.2, 0.25) is 5.91 Å². The molecule has 0 aliphatic heterocycles. The number of carbonyl (C=O) groups is 1. The zero-order valence-corrected chi connectivity index (χ0v) is 10.8. The van der Waals surface area contributed by atoms with Gasteiger partial charge in [-0.2, -0.15) is 0 Å². The molecule has 1 rings (SSSR count). The summed E-state index contributed by atoms with van der Waals surface area (Å²) in [4.78, 5) is 15.4. The summed E-state index contributed by atoms with van der Waals surface area (Å²) in [6.45, 7) is 7.87. The minimum atomic E-state index is -0.551. The number of halogens is 1. The summed E-state index contributed by atoms with van der Waals surface area (Å²) in [6.07, 6.45) is 2.19. The van der Waals surface area contributed by atoms with Crippen LogP contribution in [0.1, 0.15) is 39.9 Å². The molecule has 0 spiro atoms. The second-order valence-electron chi connectivity index (χ2n) is 4.64. The second-order valence-corrected chi connectivity index (χ2v) is 5.17. The average molecular weight is 245 g/mol. The van der Waals surface area contributed by atoms with Crippen molar-refractivity contribution in [1.82, 2.24) is 4.98 Å². The molecule has 1 amide bonds. The normalized spacial score (nSPS) is 13.6. The first kappa shape index (κ1) is 13.0. The van der Waals surface area contributed by atoms with Gasteiger partial charge in [0.05, 0.1) is 6.20 Å². The monoisotopic (exact) mass is 244 g/mol. The zero-order chi connectivity index (χ0) is 12.3. The van der Waals surface area contributed by atoms with E-state index in [1.165, 1.54) is 0 Å². The van der Waals surface area contributed by atoms with Crippen LogP contribution in [0.5, 0.6) is 0 Å². The van der Waals surface area contributed by atoms with Crippen molar-refractivity contribution < 1.29 is 9.21 Å². The minimum absolute atomic E-state index is 0.124. The molecular weight excluding hydrogens is 228 g/mol. The Labute approximate surface area is 100 Å². The van der Waals surface area contributed by atoms with Crippen LogP contribution in [0.15, 0.2) is 10.6 Å². The maximum Gasteiger partial charge on any atom is 0.301 e. The highest BCUT2D eigenvalue weighted by Crippen LogP contribution is 2.24. The van der Waals surface area contributed by atoms with E-state index in [-0.39, 0.29) is 17.3 Å². The highest BCUT2D eigenvalue weighted by atomic mass is 35.5. The Kier molecular flexibility index (Phi) is 3.97. The van der Waals surface area contributed by atoms with Gasteiger partial charge in [-0.05, 0) is 6.42 Å². The summed E-state index contributed by atoms with van der Waals surface area (Å²) >= 11 is 5.78. The lowest BCUT2D eigenvalue weighted by Gasteiger charge is -2.13. The van der Waals surface area contributed by atoms with Crippen molar-refractivity contribution in [3.05, 3.63) is 12.0 Å². The van der Waals surface area contributed by atoms with Crippen LogP contribution in [0.4, 0.5) is 6.01 Å². The van der Waals surface area contributed by atoms with E-state index in [9.17, 15) is 4.79 Å². The van der Waals surface area contributed by atoms with Crippen LogP contribution in [-0.2, 0) is 10.2 Å². The molecule has 5 heteroatoms. The maximum atomic E-state index is 11.5. The number of hydrogen-bond acceptors (Lipinski definition) is 3. The number of alkyl halides is 1. The molecule has 1 aromatic heterocycles. The van der Waals surface area contributed by atoms with Gasteiger partial charge in [-0.15, -0.1) is 11.6 Å². The number of aromatic nitrogens is 1. The second kappa shape index (κ2) is 4.87. The van der Waals surface area contributed by atoms with E-state index in [0.29, 0.717) is 6.42 Å². The molecule has 0 radical (unpaired) electrons. The summed E-state index contributed by atoms with van der Waals surface area (Å²) in [5, 5.41) is 1.99. The Morgan fingerprint density at radius 1 is 1.62 bits per heavy atom. The number of oxazole rings is 1. The van der Waals surface area contributed by atoms with Crippen molar-refractivity contribution in [3.63, 3.8) is 0 Å². The number of nitrogens with one attached hydrogen (secondary N) is 1. The highest BCUT2D eigenvalue weighted by Gasteiger charge is 2.21. The summed E-state index contributed by atoms with van der Waals surface area (Å²) in [6, 6.07) is 0.203. The first-order chi connectivity index (χ1) is 7.34. The van der Waals surface area contributed by atoms with Crippen LogP contribution >= 0.6 is 11.6 Å². The van der Waals surface area contributed by atoms with Crippen molar-refractivity contribution in [3.8, 4) is 0 Å². The van der Waals surface area contributed by atoms with Gasteiger partial charge in [0.25, 0.3) is 0 Å².